The van der Waals surface area contributed by atoms with Gasteiger partial charge in [0.05, 0.1) is 12.6 Å². The van der Waals surface area contributed by atoms with Crippen LogP contribution in [0.4, 0.5) is 22.2 Å². The van der Waals surface area contributed by atoms with E-state index in [4.69, 9.17) is 18.9 Å². The highest BCUT2D eigenvalue weighted by Gasteiger charge is 2.24. The number of fused-ring (bicyclic) bond motifs is 1. The standard InChI is InChI=1S/C25H28N4O7/c1-16(30)34-14-20(15-35-17(2)31)36-25(32)29(4)24-26-22-9-7-6-8-21(22)23(27-24)28(3)18-10-12-19(33-5)13-11-18/h6-13,20H,14-15H2,1-5H3. The number of ether oxygens (including phenoxy) is 4. The first-order valence-corrected chi connectivity index (χ1v) is 11.0. The lowest BCUT2D eigenvalue weighted by Crippen LogP contribution is -2.37. The van der Waals surface area contributed by atoms with Crippen molar-refractivity contribution in [2.45, 2.75) is 20.0 Å². The zero-order valence-corrected chi connectivity index (χ0v) is 20.8. The number of esters is 2. The molecule has 0 spiro atoms. The van der Waals surface area contributed by atoms with Crippen molar-refractivity contribution in [2.75, 3.05) is 44.2 Å². The number of methoxy groups -OCH3 is 1. The summed E-state index contributed by atoms with van der Waals surface area (Å²) in [5.74, 6) is 0.261. The molecule has 0 aliphatic rings. The van der Waals surface area contributed by atoms with Crippen LogP contribution in [0.5, 0.6) is 5.75 Å². The number of aromatic nitrogens is 2. The number of nitrogens with zero attached hydrogens (tertiary/aromatic N) is 4. The quantitative estimate of drug-likeness (QED) is 0.322. The van der Waals surface area contributed by atoms with Gasteiger partial charge in [-0.1, -0.05) is 12.1 Å². The van der Waals surface area contributed by atoms with Crippen molar-refractivity contribution in [1.29, 1.82) is 0 Å². The molecule has 36 heavy (non-hydrogen) atoms. The van der Waals surface area contributed by atoms with Gasteiger partial charge in [0, 0.05) is 39.0 Å². The molecule has 0 N–H and O–H groups in total. The molecule has 0 atom stereocenters. The van der Waals surface area contributed by atoms with E-state index in [0.29, 0.717) is 11.3 Å². The number of amides is 1. The fourth-order valence-corrected chi connectivity index (χ4v) is 3.22. The number of anilines is 3. The number of carbonyl (C=O) groups is 3. The van der Waals surface area contributed by atoms with Crippen molar-refractivity contribution < 1.29 is 33.3 Å². The van der Waals surface area contributed by atoms with Crippen molar-refractivity contribution in [3.63, 3.8) is 0 Å². The van der Waals surface area contributed by atoms with E-state index in [1.165, 1.54) is 20.9 Å². The largest absolute Gasteiger partial charge is 0.497 e. The predicted molar refractivity (Wildman–Crippen MR) is 133 cm³/mol. The molecule has 1 amide bonds. The Balaban J connectivity index is 1.89. The van der Waals surface area contributed by atoms with E-state index in [1.54, 1.807) is 7.11 Å². The van der Waals surface area contributed by atoms with Gasteiger partial charge in [0.1, 0.15) is 24.8 Å². The third-order valence-corrected chi connectivity index (χ3v) is 5.14. The van der Waals surface area contributed by atoms with E-state index >= 15 is 0 Å². The van der Waals surface area contributed by atoms with Crippen molar-refractivity contribution in [1.82, 2.24) is 9.97 Å². The summed E-state index contributed by atoms with van der Waals surface area (Å²) in [5, 5.41) is 0.781. The molecule has 0 fully saturated rings. The van der Waals surface area contributed by atoms with Crippen molar-refractivity contribution in [2.24, 2.45) is 0 Å². The first-order valence-electron chi connectivity index (χ1n) is 11.0. The second-order valence-electron chi connectivity index (χ2n) is 7.79. The van der Waals surface area contributed by atoms with Gasteiger partial charge >= 0.3 is 18.0 Å². The SMILES string of the molecule is COc1ccc(N(C)c2nc(N(C)C(=O)OC(COC(C)=O)COC(C)=O)nc3ccccc23)cc1. The third-order valence-electron chi connectivity index (χ3n) is 5.14. The van der Waals surface area contributed by atoms with Gasteiger partial charge < -0.3 is 23.8 Å². The van der Waals surface area contributed by atoms with Crippen molar-refractivity contribution >= 4 is 46.4 Å². The van der Waals surface area contributed by atoms with Gasteiger partial charge in [-0.2, -0.15) is 4.98 Å². The summed E-state index contributed by atoms with van der Waals surface area (Å²) in [6, 6.07) is 14.9. The highest BCUT2D eigenvalue weighted by atomic mass is 16.6. The number of hydrogen-bond acceptors (Lipinski definition) is 10. The number of hydrogen-bond donors (Lipinski definition) is 0. The number of rotatable bonds is 9. The van der Waals surface area contributed by atoms with Gasteiger partial charge in [-0.05, 0) is 36.4 Å². The fourth-order valence-electron chi connectivity index (χ4n) is 3.22. The van der Waals surface area contributed by atoms with E-state index in [-0.39, 0.29) is 19.2 Å². The minimum absolute atomic E-state index is 0.0905. The Morgan fingerprint density at radius 2 is 1.50 bits per heavy atom. The van der Waals surface area contributed by atoms with Crippen LogP contribution in [0.2, 0.25) is 0 Å². The van der Waals surface area contributed by atoms with Gasteiger partial charge in [-0.3, -0.25) is 9.59 Å². The predicted octanol–water partition coefficient (Wildman–Crippen LogP) is 3.47. The molecule has 0 unspecified atom stereocenters. The topological polar surface area (TPSA) is 120 Å². The second-order valence-corrected chi connectivity index (χ2v) is 7.79. The Morgan fingerprint density at radius 1 is 0.889 bits per heavy atom. The Kier molecular flexibility index (Phi) is 8.61. The summed E-state index contributed by atoms with van der Waals surface area (Å²) in [6.45, 7) is 1.90. The molecular weight excluding hydrogens is 468 g/mol. The molecule has 2 aromatic carbocycles. The lowest BCUT2D eigenvalue weighted by molar-refractivity contribution is -0.149. The first-order chi connectivity index (χ1) is 17.2. The molecule has 11 nitrogen and oxygen atoms in total. The van der Waals surface area contributed by atoms with E-state index in [9.17, 15) is 14.4 Å². The minimum atomic E-state index is -1.00. The van der Waals surface area contributed by atoms with Crippen LogP contribution in [0, 0.1) is 0 Å². The highest BCUT2D eigenvalue weighted by Crippen LogP contribution is 2.31. The Hall–Kier alpha value is -4.41. The average molecular weight is 497 g/mol. The summed E-state index contributed by atoms with van der Waals surface area (Å²) in [5.41, 5.74) is 1.47. The molecule has 1 aromatic heterocycles. The fraction of sp³-hybridized carbons (Fsp3) is 0.320. The summed E-state index contributed by atoms with van der Waals surface area (Å²) in [4.78, 5) is 47.5. The minimum Gasteiger partial charge on any atom is -0.497 e. The maximum Gasteiger partial charge on any atom is 0.416 e. The summed E-state index contributed by atoms with van der Waals surface area (Å²) < 4.78 is 20.5. The molecule has 3 rings (SSSR count). The zero-order valence-electron chi connectivity index (χ0n) is 20.8. The van der Waals surface area contributed by atoms with Crippen LogP contribution in [-0.2, 0) is 23.8 Å². The van der Waals surface area contributed by atoms with Gasteiger partial charge in [-0.15, -0.1) is 0 Å². The second kappa shape index (κ2) is 11.8. The molecule has 0 bridgehead atoms. The molecule has 190 valence electrons. The van der Waals surface area contributed by atoms with Crippen LogP contribution in [0.3, 0.4) is 0 Å². The van der Waals surface area contributed by atoms with Crippen molar-refractivity contribution in [3.05, 3.63) is 48.5 Å². The number of para-hydroxylation sites is 1. The van der Waals surface area contributed by atoms with Crippen LogP contribution < -0.4 is 14.5 Å². The van der Waals surface area contributed by atoms with Crippen LogP contribution in [0.15, 0.2) is 48.5 Å². The maximum absolute atomic E-state index is 12.9. The van der Waals surface area contributed by atoms with Gasteiger partial charge in [-0.25, -0.2) is 14.7 Å². The number of carbonyl (C=O) groups excluding carboxylic acids is 3. The number of benzene rings is 2. The molecule has 0 radical (unpaired) electrons. The van der Waals surface area contributed by atoms with E-state index in [1.807, 2.05) is 60.5 Å². The van der Waals surface area contributed by atoms with E-state index in [2.05, 4.69) is 9.97 Å². The van der Waals surface area contributed by atoms with Crippen LogP contribution >= 0.6 is 0 Å². The smallest absolute Gasteiger partial charge is 0.416 e. The van der Waals surface area contributed by atoms with Gasteiger partial charge in [0.15, 0.2) is 6.10 Å². The molecular formula is C25H28N4O7. The van der Waals surface area contributed by atoms with Gasteiger partial charge in [0.25, 0.3) is 0 Å². The summed E-state index contributed by atoms with van der Waals surface area (Å²) >= 11 is 0. The monoisotopic (exact) mass is 496 g/mol. The van der Waals surface area contributed by atoms with Gasteiger partial charge in [0.2, 0.25) is 5.95 Å². The van der Waals surface area contributed by atoms with Crippen LogP contribution in [0.1, 0.15) is 13.8 Å². The zero-order chi connectivity index (χ0) is 26.2. The summed E-state index contributed by atoms with van der Waals surface area (Å²) in [6.07, 6.45) is -1.82. The Labute approximate surface area is 208 Å². The van der Waals surface area contributed by atoms with E-state index < -0.39 is 24.1 Å². The normalized spacial score (nSPS) is 10.6. The van der Waals surface area contributed by atoms with Crippen LogP contribution in [-0.4, -0.2) is 68.5 Å². The van der Waals surface area contributed by atoms with Crippen LogP contribution in [0.25, 0.3) is 10.9 Å². The molecule has 0 aliphatic carbocycles. The maximum atomic E-state index is 12.9. The molecule has 3 aromatic rings. The lowest BCUT2D eigenvalue weighted by Gasteiger charge is -2.24. The van der Waals surface area contributed by atoms with E-state index in [0.717, 1.165) is 21.7 Å². The molecule has 1 heterocycles. The Morgan fingerprint density at radius 3 is 2.08 bits per heavy atom. The molecule has 11 heteroatoms. The average Bonchev–Trinajstić information content (AvgIpc) is 2.88. The molecule has 0 saturated carbocycles. The molecule has 0 aliphatic heterocycles. The lowest BCUT2D eigenvalue weighted by atomic mass is 10.2. The summed E-state index contributed by atoms with van der Waals surface area (Å²) in [7, 11) is 4.91. The van der Waals surface area contributed by atoms with Crippen molar-refractivity contribution in [3.8, 4) is 5.75 Å². The third kappa shape index (κ3) is 6.59. The molecule has 0 saturated heterocycles. The highest BCUT2D eigenvalue weighted by molar-refractivity contribution is 5.94. The Bertz CT molecular complexity index is 1210. The first kappa shape index (κ1) is 26.2.